The Balaban J connectivity index is 4.64. The van der Waals surface area contributed by atoms with E-state index >= 15 is 0 Å². The minimum absolute atomic E-state index is 0.389. The van der Waals surface area contributed by atoms with Crippen LogP contribution in [-0.2, 0) is 8.91 Å². The average molecular weight is 232 g/mol. The van der Waals surface area contributed by atoms with E-state index in [0.29, 0.717) is 5.57 Å². The molecule has 0 amide bonds. The average Bonchev–Trinajstić information content (AvgIpc) is 1.78. The van der Waals surface area contributed by atoms with E-state index < -0.39 is 22.6 Å². The van der Waals surface area contributed by atoms with Crippen molar-refractivity contribution in [1.82, 2.24) is 0 Å². The van der Waals surface area contributed by atoms with Crippen molar-refractivity contribution in [1.29, 1.82) is 0 Å². The largest absolute Gasteiger partial charge is 0.478 e. The third-order valence-corrected chi connectivity index (χ3v) is 7.15. The zero-order valence-corrected chi connectivity index (χ0v) is 11.8. The van der Waals surface area contributed by atoms with Crippen LogP contribution in [0.4, 0.5) is 0 Å². The van der Waals surface area contributed by atoms with Gasteiger partial charge in [-0.2, -0.15) is 0 Å². The van der Waals surface area contributed by atoms with Gasteiger partial charge >= 0.3 is 5.97 Å². The van der Waals surface area contributed by atoms with Crippen molar-refractivity contribution in [2.45, 2.75) is 39.7 Å². The fourth-order valence-electron chi connectivity index (χ4n) is 1.40. The Morgan fingerprint density at radius 1 is 1.21 bits per heavy atom. The lowest BCUT2D eigenvalue weighted by atomic mass is 10.4. The van der Waals surface area contributed by atoms with Crippen molar-refractivity contribution < 1.29 is 14.0 Å². The molecule has 1 N–H and O–H groups in total. The molecule has 0 aliphatic carbocycles. The highest BCUT2D eigenvalue weighted by molar-refractivity contribution is 6.87. The molecule has 0 saturated carbocycles. The molecule has 0 rings (SSSR count). The third kappa shape index (κ3) is 6.12. The summed E-state index contributed by atoms with van der Waals surface area (Å²) < 4.78 is 5.98. The second-order valence-corrected chi connectivity index (χ2v) is 13.5. The Labute approximate surface area is 88.0 Å². The van der Waals surface area contributed by atoms with Gasteiger partial charge in [-0.05, 0) is 39.7 Å². The SMILES string of the molecule is C/C(=C\[Si](C)(C)O[Si](C)(C)C)C(=O)O. The van der Waals surface area contributed by atoms with E-state index in [1.165, 1.54) is 0 Å². The van der Waals surface area contributed by atoms with Crippen molar-refractivity contribution in [3.63, 3.8) is 0 Å². The number of carboxylic acids is 1. The van der Waals surface area contributed by atoms with Crippen LogP contribution in [0.25, 0.3) is 0 Å². The lowest BCUT2D eigenvalue weighted by Gasteiger charge is -2.29. The third-order valence-electron chi connectivity index (χ3n) is 1.47. The van der Waals surface area contributed by atoms with Crippen LogP contribution in [0.5, 0.6) is 0 Å². The number of hydrogen-bond acceptors (Lipinski definition) is 2. The summed E-state index contributed by atoms with van der Waals surface area (Å²) in [4.78, 5) is 10.7. The first-order valence-corrected chi connectivity index (χ1v) is 11.1. The standard InChI is InChI=1S/C9H20O3Si2/c1-8(9(10)11)7-14(5,6)12-13(2,3)4/h7H,1-6H3,(H,10,11)/b8-7+. The van der Waals surface area contributed by atoms with Gasteiger partial charge < -0.3 is 9.22 Å². The molecule has 0 heterocycles. The van der Waals surface area contributed by atoms with Gasteiger partial charge in [-0.25, -0.2) is 4.79 Å². The molecule has 0 saturated heterocycles. The number of hydrogen-bond donors (Lipinski definition) is 1. The molecule has 0 aliphatic rings. The molecule has 0 fully saturated rings. The Morgan fingerprint density at radius 3 is 1.93 bits per heavy atom. The molecule has 0 aromatic heterocycles. The predicted molar refractivity (Wildman–Crippen MR) is 63.3 cm³/mol. The second-order valence-electron chi connectivity index (χ2n) is 4.95. The van der Waals surface area contributed by atoms with E-state index in [4.69, 9.17) is 9.22 Å². The maximum Gasteiger partial charge on any atom is 0.330 e. The molecule has 0 radical (unpaired) electrons. The Bertz CT molecular complexity index is 251. The van der Waals surface area contributed by atoms with Crippen molar-refractivity contribution >= 4 is 22.6 Å². The summed E-state index contributed by atoms with van der Waals surface area (Å²) in [7, 11) is -3.52. The summed E-state index contributed by atoms with van der Waals surface area (Å²) in [6.45, 7) is 12.0. The summed E-state index contributed by atoms with van der Waals surface area (Å²) >= 11 is 0. The molecule has 0 aliphatic heterocycles. The van der Waals surface area contributed by atoms with E-state index in [1.54, 1.807) is 12.6 Å². The molecule has 0 aromatic rings. The van der Waals surface area contributed by atoms with Gasteiger partial charge in [0.2, 0.25) is 0 Å². The first kappa shape index (κ1) is 13.6. The summed E-state index contributed by atoms with van der Waals surface area (Å²) in [5, 5.41) is 8.75. The molecular formula is C9H20O3Si2. The summed E-state index contributed by atoms with van der Waals surface area (Å²) in [5.41, 5.74) is 2.19. The molecule has 0 unspecified atom stereocenters. The molecule has 0 spiro atoms. The number of aliphatic carboxylic acids is 1. The highest BCUT2D eigenvalue weighted by Gasteiger charge is 2.28. The van der Waals surface area contributed by atoms with E-state index in [2.05, 4.69) is 19.6 Å². The maximum absolute atomic E-state index is 10.7. The monoisotopic (exact) mass is 232 g/mol. The van der Waals surface area contributed by atoms with Crippen molar-refractivity contribution in [2.24, 2.45) is 0 Å². The van der Waals surface area contributed by atoms with E-state index in [9.17, 15) is 4.79 Å². The molecule has 3 nitrogen and oxygen atoms in total. The fraction of sp³-hybridized carbons (Fsp3) is 0.667. The van der Waals surface area contributed by atoms with E-state index in [-0.39, 0.29) is 0 Å². The first-order chi connectivity index (χ1) is 6.03. The highest BCUT2D eigenvalue weighted by atomic mass is 28.4. The Morgan fingerprint density at radius 2 is 1.64 bits per heavy atom. The molecule has 82 valence electrons. The van der Waals surface area contributed by atoms with Crippen LogP contribution in [0.3, 0.4) is 0 Å². The number of rotatable bonds is 4. The Hall–Kier alpha value is -0.396. The van der Waals surface area contributed by atoms with Gasteiger partial charge in [-0.15, -0.1) is 0 Å². The number of carboxylic acid groups (broad SMARTS) is 1. The van der Waals surface area contributed by atoms with Crippen LogP contribution >= 0.6 is 0 Å². The zero-order chi connectivity index (χ0) is 11.6. The molecular weight excluding hydrogens is 212 g/mol. The van der Waals surface area contributed by atoms with Crippen LogP contribution in [-0.4, -0.2) is 27.7 Å². The molecule has 14 heavy (non-hydrogen) atoms. The molecule has 0 bridgehead atoms. The zero-order valence-electron chi connectivity index (χ0n) is 9.84. The topological polar surface area (TPSA) is 46.5 Å². The van der Waals surface area contributed by atoms with Gasteiger partial charge in [0.25, 0.3) is 0 Å². The van der Waals surface area contributed by atoms with Crippen molar-refractivity contribution in [3.05, 3.63) is 11.3 Å². The molecule has 5 heteroatoms. The van der Waals surface area contributed by atoms with Crippen molar-refractivity contribution in [3.8, 4) is 0 Å². The van der Waals surface area contributed by atoms with Crippen LogP contribution in [0.15, 0.2) is 11.3 Å². The Kier molecular flexibility index (Phi) is 4.29. The van der Waals surface area contributed by atoms with Gasteiger partial charge in [0, 0.05) is 5.57 Å². The lowest BCUT2D eigenvalue weighted by molar-refractivity contribution is -0.132. The molecule has 0 atom stereocenters. The van der Waals surface area contributed by atoms with E-state index in [0.717, 1.165) is 0 Å². The van der Waals surface area contributed by atoms with Crippen LogP contribution in [0.2, 0.25) is 32.7 Å². The highest BCUT2D eigenvalue weighted by Crippen LogP contribution is 2.16. The van der Waals surface area contributed by atoms with Crippen LogP contribution in [0.1, 0.15) is 6.92 Å². The van der Waals surface area contributed by atoms with Gasteiger partial charge in [0.15, 0.2) is 16.6 Å². The molecule has 0 aromatic carbocycles. The fourth-order valence-corrected chi connectivity index (χ4v) is 9.12. The quantitative estimate of drug-likeness (QED) is 0.599. The predicted octanol–water partition coefficient (Wildman–Crippen LogP) is 2.61. The minimum atomic E-state index is -1.95. The van der Waals surface area contributed by atoms with Gasteiger partial charge in [-0.3, -0.25) is 0 Å². The maximum atomic E-state index is 10.7. The summed E-state index contributed by atoms with van der Waals surface area (Å²) in [6.07, 6.45) is 0. The van der Waals surface area contributed by atoms with Gasteiger partial charge in [0.05, 0.1) is 0 Å². The first-order valence-electron chi connectivity index (χ1n) is 4.66. The second kappa shape index (κ2) is 4.42. The summed E-state index contributed by atoms with van der Waals surface area (Å²) in [5.74, 6) is -0.857. The minimum Gasteiger partial charge on any atom is -0.478 e. The van der Waals surface area contributed by atoms with Gasteiger partial charge in [0.1, 0.15) is 0 Å². The van der Waals surface area contributed by atoms with Gasteiger partial charge in [-0.1, -0.05) is 5.70 Å². The van der Waals surface area contributed by atoms with Crippen LogP contribution in [0, 0.1) is 0 Å². The van der Waals surface area contributed by atoms with Crippen LogP contribution < -0.4 is 0 Å². The summed E-state index contributed by atoms with van der Waals surface area (Å²) in [6, 6.07) is 0. The van der Waals surface area contributed by atoms with Crippen molar-refractivity contribution in [2.75, 3.05) is 0 Å². The lowest BCUT2D eigenvalue weighted by Crippen LogP contribution is -2.41. The normalized spacial score (nSPS) is 14.3. The number of carbonyl (C=O) groups is 1. The smallest absolute Gasteiger partial charge is 0.330 e. The van der Waals surface area contributed by atoms with E-state index in [1.807, 2.05) is 13.1 Å².